The average Bonchev–Trinajstić information content (AvgIpc) is 2.52. The summed E-state index contributed by atoms with van der Waals surface area (Å²) < 4.78 is 0. The molecule has 1 aromatic rings. The van der Waals surface area contributed by atoms with E-state index in [1.807, 2.05) is 51.2 Å². The lowest BCUT2D eigenvalue weighted by molar-refractivity contribution is -0.141. The van der Waals surface area contributed by atoms with Crippen molar-refractivity contribution in [2.75, 3.05) is 25.5 Å². The van der Waals surface area contributed by atoms with Gasteiger partial charge in [0, 0.05) is 24.7 Å². The second-order valence-electron chi connectivity index (χ2n) is 5.52. The van der Waals surface area contributed by atoms with Gasteiger partial charge in [-0.25, -0.2) is 0 Å². The summed E-state index contributed by atoms with van der Waals surface area (Å²) in [5.74, 6) is -0.305. The maximum atomic E-state index is 12.5. The van der Waals surface area contributed by atoms with Crippen molar-refractivity contribution in [1.82, 2.24) is 10.2 Å². The molecular formula is C17H27N3O2. The molecule has 0 heterocycles. The van der Waals surface area contributed by atoms with Gasteiger partial charge in [0.05, 0.1) is 0 Å². The van der Waals surface area contributed by atoms with Gasteiger partial charge < -0.3 is 15.5 Å². The van der Waals surface area contributed by atoms with E-state index in [9.17, 15) is 9.59 Å². The van der Waals surface area contributed by atoms with Gasteiger partial charge in [0.25, 0.3) is 0 Å². The van der Waals surface area contributed by atoms with E-state index >= 15 is 0 Å². The van der Waals surface area contributed by atoms with Crippen LogP contribution in [0.2, 0.25) is 0 Å². The third kappa shape index (κ3) is 5.15. The van der Waals surface area contributed by atoms with Crippen LogP contribution in [0.5, 0.6) is 0 Å². The molecule has 0 radical (unpaired) electrons. The van der Waals surface area contributed by atoms with E-state index in [-0.39, 0.29) is 17.7 Å². The largest absolute Gasteiger partial charge is 0.331 e. The molecule has 22 heavy (non-hydrogen) atoms. The molecule has 1 aromatic carbocycles. The lowest BCUT2D eigenvalue weighted by Gasteiger charge is -2.30. The third-order valence-electron chi connectivity index (χ3n) is 3.57. The van der Waals surface area contributed by atoms with Gasteiger partial charge in [-0.3, -0.25) is 9.59 Å². The van der Waals surface area contributed by atoms with Gasteiger partial charge in [-0.05, 0) is 32.5 Å². The van der Waals surface area contributed by atoms with Gasteiger partial charge in [0.1, 0.15) is 6.04 Å². The Bertz CT molecular complexity index is 476. The van der Waals surface area contributed by atoms with Crippen LogP contribution >= 0.6 is 0 Å². The van der Waals surface area contributed by atoms with Crippen molar-refractivity contribution in [3.05, 3.63) is 30.3 Å². The normalized spacial score (nSPS) is 13.3. The Morgan fingerprint density at radius 2 is 1.82 bits per heavy atom. The zero-order valence-electron chi connectivity index (χ0n) is 13.9. The number of benzene rings is 1. The van der Waals surface area contributed by atoms with Crippen molar-refractivity contribution in [2.24, 2.45) is 5.92 Å². The third-order valence-corrected chi connectivity index (χ3v) is 3.57. The fraction of sp³-hybridized carbons (Fsp3) is 0.529. The Hall–Kier alpha value is -1.88. The van der Waals surface area contributed by atoms with Crippen LogP contribution in [0, 0.1) is 5.92 Å². The molecule has 0 aliphatic carbocycles. The molecule has 2 atom stereocenters. The van der Waals surface area contributed by atoms with Crippen molar-refractivity contribution in [3.8, 4) is 0 Å². The van der Waals surface area contributed by atoms with Crippen LogP contribution < -0.4 is 10.6 Å². The molecule has 2 N–H and O–H groups in total. The van der Waals surface area contributed by atoms with Crippen molar-refractivity contribution in [2.45, 2.75) is 33.2 Å². The zero-order chi connectivity index (χ0) is 16.5. The number of carbonyl (C=O) groups excluding carboxylic acids is 2. The number of nitrogens with zero attached hydrogens (tertiary/aromatic N) is 1. The fourth-order valence-electron chi connectivity index (χ4n) is 2.32. The lowest BCUT2D eigenvalue weighted by atomic mass is 10.1. The molecule has 0 saturated heterocycles. The Morgan fingerprint density at radius 3 is 2.36 bits per heavy atom. The molecule has 0 saturated carbocycles. The Morgan fingerprint density at radius 1 is 1.18 bits per heavy atom. The first-order chi connectivity index (χ1) is 10.5. The minimum Gasteiger partial charge on any atom is -0.331 e. The van der Waals surface area contributed by atoms with E-state index < -0.39 is 6.04 Å². The van der Waals surface area contributed by atoms with Crippen molar-refractivity contribution >= 4 is 17.5 Å². The van der Waals surface area contributed by atoms with Crippen LogP contribution in [0.4, 0.5) is 5.69 Å². The van der Waals surface area contributed by atoms with E-state index in [2.05, 4.69) is 10.6 Å². The molecule has 0 spiro atoms. The van der Waals surface area contributed by atoms with E-state index in [0.29, 0.717) is 13.1 Å². The van der Waals surface area contributed by atoms with Crippen molar-refractivity contribution in [3.63, 3.8) is 0 Å². The second-order valence-corrected chi connectivity index (χ2v) is 5.52. The van der Waals surface area contributed by atoms with Crippen LogP contribution in [0.15, 0.2) is 30.3 Å². The van der Waals surface area contributed by atoms with Crippen molar-refractivity contribution < 1.29 is 9.59 Å². The Balaban J connectivity index is 2.77. The molecule has 0 bridgehead atoms. The number of amides is 2. The molecule has 0 aromatic heterocycles. The average molecular weight is 305 g/mol. The SMILES string of the molecule is CCCN(C(=O)C(C)CNC)C(C)C(=O)Nc1ccccc1. The first-order valence-corrected chi connectivity index (χ1v) is 7.82. The predicted octanol–water partition coefficient (Wildman–Crippen LogP) is 2.11. The summed E-state index contributed by atoms with van der Waals surface area (Å²) in [7, 11) is 1.82. The number of anilines is 1. The van der Waals surface area contributed by atoms with Gasteiger partial charge in [-0.15, -0.1) is 0 Å². The van der Waals surface area contributed by atoms with Crippen LogP contribution in [-0.2, 0) is 9.59 Å². The summed E-state index contributed by atoms with van der Waals surface area (Å²) in [6.45, 7) is 6.84. The molecular weight excluding hydrogens is 278 g/mol. The Kier molecular flexibility index (Phi) is 7.60. The second kappa shape index (κ2) is 9.20. The molecule has 0 aliphatic heterocycles. The number of rotatable bonds is 8. The fourth-order valence-corrected chi connectivity index (χ4v) is 2.32. The van der Waals surface area contributed by atoms with E-state index in [1.165, 1.54) is 0 Å². The van der Waals surface area contributed by atoms with Gasteiger partial charge in [0.15, 0.2) is 0 Å². The maximum absolute atomic E-state index is 12.5. The van der Waals surface area contributed by atoms with Gasteiger partial charge in [0.2, 0.25) is 11.8 Å². The number of nitrogens with one attached hydrogen (secondary N) is 2. The van der Waals surface area contributed by atoms with Crippen LogP contribution in [0.1, 0.15) is 27.2 Å². The quantitative estimate of drug-likeness (QED) is 0.773. The lowest BCUT2D eigenvalue weighted by Crippen LogP contribution is -2.49. The number of para-hydroxylation sites is 1. The number of hydrogen-bond acceptors (Lipinski definition) is 3. The van der Waals surface area contributed by atoms with Crippen molar-refractivity contribution in [1.29, 1.82) is 0 Å². The summed E-state index contributed by atoms with van der Waals surface area (Å²) >= 11 is 0. The van der Waals surface area contributed by atoms with E-state index in [0.717, 1.165) is 12.1 Å². The topological polar surface area (TPSA) is 61.4 Å². The Labute approximate surface area is 133 Å². The standard InChI is InChI=1S/C17H27N3O2/c1-5-11-20(17(22)13(2)12-18-4)14(3)16(21)19-15-9-7-6-8-10-15/h6-10,13-14,18H,5,11-12H2,1-4H3,(H,19,21). The van der Waals surface area contributed by atoms with Gasteiger partial charge >= 0.3 is 0 Å². The first-order valence-electron chi connectivity index (χ1n) is 7.82. The smallest absolute Gasteiger partial charge is 0.246 e. The van der Waals surface area contributed by atoms with Crippen LogP contribution in [0.3, 0.4) is 0 Å². The summed E-state index contributed by atoms with van der Waals surface area (Å²) in [6, 6.07) is 8.80. The maximum Gasteiger partial charge on any atom is 0.246 e. The number of hydrogen-bond donors (Lipinski definition) is 2. The van der Waals surface area contributed by atoms with Gasteiger partial charge in [-0.2, -0.15) is 0 Å². The predicted molar refractivity (Wildman–Crippen MR) is 89.6 cm³/mol. The highest BCUT2D eigenvalue weighted by Crippen LogP contribution is 2.11. The molecule has 122 valence electrons. The highest BCUT2D eigenvalue weighted by atomic mass is 16.2. The van der Waals surface area contributed by atoms with E-state index in [4.69, 9.17) is 0 Å². The summed E-state index contributed by atoms with van der Waals surface area (Å²) in [5, 5.41) is 5.86. The highest BCUT2D eigenvalue weighted by Gasteiger charge is 2.28. The molecule has 1 rings (SSSR count). The molecule has 5 heteroatoms. The molecule has 2 unspecified atom stereocenters. The molecule has 2 amide bonds. The zero-order valence-corrected chi connectivity index (χ0v) is 13.9. The van der Waals surface area contributed by atoms with Gasteiger partial charge in [-0.1, -0.05) is 32.0 Å². The summed E-state index contributed by atoms with van der Waals surface area (Å²) in [6.07, 6.45) is 0.820. The minimum absolute atomic E-state index is 0.00640. The monoisotopic (exact) mass is 305 g/mol. The first kappa shape index (κ1) is 18.2. The summed E-state index contributed by atoms with van der Waals surface area (Å²) in [4.78, 5) is 26.6. The summed E-state index contributed by atoms with van der Waals surface area (Å²) in [5.41, 5.74) is 0.742. The molecule has 5 nitrogen and oxygen atoms in total. The minimum atomic E-state index is -0.494. The van der Waals surface area contributed by atoms with E-state index in [1.54, 1.807) is 11.8 Å². The molecule has 0 aliphatic rings. The highest BCUT2D eigenvalue weighted by molar-refractivity contribution is 5.97. The number of carbonyl (C=O) groups is 2. The van der Waals surface area contributed by atoms with Crippen LogP contribution in [-0.4, -0.2) is 42.9 Å². The van der Waals surface area contributed by atoms with Crippen LogP contribution in [0.25, 0.3) is 0 Å². The molecule has 0 fully saturated rings.